The maximum Gasteiger partial charge on any atom is 0.416 e. The number of carbonyl (C=O) groups is 1. The molecule has 0 radical (unpaired) electrons. The Morgan fingerprint density at radius 2 is 0.642 bits per heavy atom. The summed E-state index contributed by atoms with van der Waals surface area (Å²) in [5.41, 5.74) is -28.0. The van der Waals surface area contributed by atoms with Crippen LogP contribution in [0.4, 0.5) is 105 Å². The maximum atomic E-state index is 14.2. The number of hydrogen-bond donors (Lipinski definition) is 0. The molecule has 0 bridgehead atoms. The topological polar surface area (TPSA) is 30.2 Å². The third-order valence-corrected chi connectivity index (χ3v) is 12.2. The highest BCUT2D eigenvalue weighted by atomic mass is 35.6. The van der Waals surface area contributed by atoms with Gasteiger partial charge in [0.1, 0.15) is 6.15 Å². The van der Waals surface area contributed by atoms with Crippen molar-refractivity contribution in [3.05, 3.63) is 195 Å². The van der Waals surface area contributed by atoms with E-state index in [1.807, 2.05) is 65.2 Å². The van der Waals surface area contributed by atoms with Gasteiger partial charge in [-0.1, -0.05) is 91.0 Å². The molecule has 81 heavy (non-hydrogen) atoms. The molecule has 6 aromatic carbocycles. The van der Waals surface area contributed by atoms with Crippen molar-refractivity contribution in [2.45, 2.75) is 59.9 Å². The predicted molar refractivity (Wildman–Crippen MR) is 245 cm³/mol. The number of ether oxygens (including phenoxy) is 1. The van der Waals surface area contributed by atoms with Crippen LogP contribution in [0.1, 0.15) is 60.6 Å². The Morgan fingerprint density at radius 3 is 0.914 bits per heavy atom. The van der Waals surface area contributed by atoms with Crippen molar-refractivity contribution >= 4 is 79.7 Å². The van der Waals surface area contributed by atoms with Gasteiger partial charge in [-0.15, -0.1) is 0 Å². The summed E-state index contributed by atoms with van der Waals surface area (Å²) >= 11 is 16.8. The number of alkyl halides is 27. The van der Waals surface area contributed by atoms with Gasteiger partial charge in [0.25, 0.3) is 5.69 Å². The molecule has 0 spiro atoms. The number of fused-ring (bicyclic) bond motifs is 1. The summed E-state index contributed by atoms with van der Waals surface area (Å²) in [7, 11) is 0. The first-order valence-corrected chi connectivity index (χ1v) is 22.9. The summed E-state index contributed by atoms with van der Waals surface area (Å²) in [6, 6.07) is 12.3. The summed E-state index contributed by atoms with van der Waals surface area (Å²) in [4.78, 5) is 12.4. The predicted octanol–water partition coefficient (Wildman–Crippen LogP) is 15.9. The van der Waals surface area contributed by atoms with E-state index in [4.69, 9.17) is 39.5 Å². The normalized spacial score (nSPS) is 13.5. The molecular weight excluding hydrogens is 1220 g/mol. The molecule has 0 atom stereocenters. The average Bonchev–Trinajstić information content (AvgIpc) is 3.04. The molecule has 0 aliphatic carbocycles. The van der Waals surface area contributed by atoms with Gasteiger partial charge in [-0.2, -0.15) is 132 Å². The Balaban J connectivity index is 0.000000363. The molecule has 0 unspecified atom stereocenters. The van der Waals surface area contributed by atoms with Crippen molar-refractivity contribution in [1.82, 2.24) is 0 Å². The van der Waals surface area contributed by atoms with Crippen molar-refractivity contribution < 1.29 is 119 Å². The first-order valence-electron chi connectivity index (χ1n) is 21.8. The lowest BCUT2D eigenvalue weighted by Crippen LogP contribution is -2.75. The molecule has 0 aliphatic rings. The van der Waals surface area contributed by atoms with Crippen LogP contribution in [0.15, 0.2) is 140 Å². The smallest absolute Gasteiger partial charge is 0.406 e. The van der Waals surface area contributed by atoms with Crippen LogP contribution in [0.3, 0.4) is 0 Å². The second kappa shape index (κ2) is 22.0. The summed E-state index contributed by atoms with van der Waals surface area (Å²) in [5, 5.41) is 0.999. The van der Waals surface area contributed by atoms with E-state index in [9.17, 15) is 110 Å². The van der Waals surface area contributed by atoms with Crippen molar-refractivity contribution in [2.24, 2.45) is 0 Å². The molecule has 3 nitrogen and oxygen atoms in total. The van der Waals surface area contributed by atoms with Crippen LogP contribution in [-0.2, 0) is 60.7 Å². The van der Waals surface area contributed by atoms with E-state index in [0.717, 1.165) is 16.5 Å². The van der Waals surface area contributed by atoms with E-state index in [1.165, 1.54) is 0 Å². The number of aromatic nitrogens is 1. The fourth-order valence-corrected chi connectivity index (χ4v) is 8.82. The minimum absolute atomic E-state index is 0.309. The molecular formula is C50H25BCl3F24NO2. The first-order chi connectivity index (χ1) is 36.7. The SMILES string of the molecule is FC(F)(F)c1cc([B-](c2cc(C(F)(F)F)cc(C(F)(F)F)c2)(c2cc(C(F)(F)F)cc(C(F)(F)F)c2)c2cc(C(F)(F)F)cc(C(F)(F)F)c2)cc(C(F)(F)F)c1.O=C(OC(Cl)(Cl)Cl)c1ccc2ccccc2[n+]1Cc1ccccc1. The van der Waals surface area contributed by atoms with Crippen LogP contribution in [-0.4, -0.2) is 16.1 Å². The molecule has 1 heterocycles. The highest BCUT2D eigenvalue weighted by Crippen LogP contribution is 2.42. The molecule has 7 rings (SSSR count). The van der Waals surface area contributed by atoms with Gasteiger partial charge in [0.2, 0.25) is 5.52 Å². The van der Waals surface area contributed by atoms with Crippen molar-refractivity contribution in [3.63, 3.8) is 0 Å². The minimum Gasteiger partial charge on any atom is -0.406 e. The molecule has 7 aromatic rings. The van der Waals surface area contributed by atoms with Gasteiger partial charge in [-0.25, -0.2) is 4.79 Å². The van der Waals surface area contributed by atoms with Gasteiger partial charge in [0.05, 0.1) is 44.5 Å². The third-order valence-electron chi connectivity index (χ3n) is 12.0. The van der Waals surface area contributed by atoms with Crippen molar-refractivity contribution in [1.29, 1.82) is 0 Å². The second-order valence-corrected chi connectivity index (χ2v) is 19.6. The Bertz CT molecular complexity index is 3010. The lowest BCUT2D eigenvalue weighted by molar-refractivity contribution is -0.665. The molecule has 0 amide bonds. The molecule has 434 valence electrons. The monoisotopic (exact) mass is 1240 g/mol. The van der Waals surface area contributed by atoms with Gasteiger partial charge < -0.3 is 4.74 Å². The van der Waals surface area contributed by atoms with Crippen molar-refractivity contribution in [2.75, 3.05) is 0 Å². The minimum atomic E-state index is -6.13. The van der Waals surface area contributed by atoms with E-state index in [0.29, 0.717) is 12.2 Å². The standard InChI is InChI=1S/C32H12BF24.C18H13Cl3NO2/c34-25(35,36)13-1-14(26(37,38)39)6-21(5-13)33(22-7-15(27(40,41)42)2-16(8-22)28(43,44)45,23-9-17(29(46,47)48)3-18(10-23)30(49,50)51)24-11-19(31(52,53)54)4-20(12-24)32(55,56)57;19-18(20,21)24-17(23)16-11-10-14-8-4-5-9-15(14)22(16)12-13-6-2-1-3-7-13/h1-12H;1-11H,12H2/q-1;+1. The summed E-state index contributed by atoms with van der Waals surface area (Å²) in [6.45, 7) is 0.493. The lowest BCUT2D eigenvalue weighted by atomic mass is 9.12. The number of esters is 1. The molecule has 1 aromatic heterocycles. The van der Waals surface area contributed by atoms with E-state index in [2.05, 4.69) is 0 Å². The van der Waals surface area contributed by atoms with Crippen LogP contribution < -0.4 is 26.4 Å². The van der Waals surface area contributed by atoms with Gasteiger partial charge in [0.15, 0.2) is 6.54 Å². The fraction of sp³-hybridized carbons (Fsp3) is 0.200. The van der Waals surface area contributed by atoms with Crippen LogP contribution in [0.2, 0.25) is 0 Å². The zero-order valence-corrected chi connectivity index (χ0v) is 41.3. The molecule has 0 saturated heterocycles. The Labute approximate surface area is 453 Å². The first kappa shape index (κ1) is 63.6. The third kappa shape index (κ3) is 14.9. The highest BCUT2D eigenvalue weighted by Gasteiger charge is 2.47. The van der Waals surface area contributed by atoms with Gasteiger partial charge in [-0.3, -0.25) is 0 Å². The number of para-hydroxylation sites is 1. The Hall–Kier alpha value is -6.55. The number of rotatable bonds is 7. The number of hydrogen-bond acceptors (Lipinski definition) is 2. The fourth-order valence-electron chi connectivity index (χ4n) is 8.61. The van der Waals surface area contributed by atoms with Crippen LogP contribution in [0.25, 0.3) is 10.9 Å². The number of nitrogens with zero attached hydrogens (tertiary/aromatic N) is 1. The van der Waals surface area contributed by atoms with E-state index in [-0.39, 0.29) is 0 Å². The summed E-state index contributed by atoms with van der Waals surface area (Å²) in [5.74, 6) is -0.698. The van der Waals surface area contributed by atoms with Gasteiger partial charge >= 0.3 is 59.4 Å². The molecule has 0 aliphatic heterocycles. The molecule has 0 N–H and O–H groups in total. The zero-order valence-electron chi connectivity index (χ0n) is 39.0. The Kier molecular flexibility index (Phi) is 17.3. The maximum absolute atomic E-state index is 14.2. The largest absolute Gasteiger partial charge is 0.416 e. The number of pyridine rings is 1. The molecule has 0 saturated carbocycles. The number of carbonyl (C=O) groups excluding carboxylic acids is 1. The number of benzene rings is 6. The molecule has 31 heteroatoms. The average molecular weight is 1240 g/mol. The molecule has 0 fully saturated rings. The summed E-state index contributed by atoms with van der Waals surface area (Å²) in [6.07, 6.45) is -54.8. The van der Waals surface area contributed by atoms with Gasteiger partial charge in [-0.05, 0) is 71.2 Å². The van der Waals surface area contributed by atoms with E-state index >= 15 is 0 Å². The highest BCUT2D eigenvalue weighted by molar-refractivity contribution is 7.20. The van der Waals surface area contributed by atoms with Crippen LogP contribution in [0, 0.1) is 0 Å². The lowest BCUT2D eigenvalue weighted by Gasteiger charge is -2.46. The quantitative estimate of drug-likeness (QED) is 0.0523. The van der Waals surface area contributed by atoms with E-state index < -0.39 is 205 Å². The number of halogens is 27. The van der Waals surface area contributed by atoms with Gasteiger partial charge in [0, 0.05) is 23.1 Å². The zero-order chi connectivity index (χ0) is 61.1. The summed E-state index contributed by atoms with van der Waals surface area (Å²) < 4.78 is 345. The van der Waals surface area contributed by atoms with Crippen LogP contribution >= 0.6 is 34.8 Å². The van der Waals surface area contributed by atoms with Crippen molar-refractivity contribution in [3.8, 4) is 0 Å². The van der Waals surface area contributed by atoms with E-state index in [1.54, 1.807) is 6.07 Å². The second-order valence-electron chi connectivity index (χ2n) is 17.4. The Morgan fingerprint density at radius 1 is 0.370 bits per heavy atom. The van der Waals surface area contributed by atoms with Crippen LogP contribution in [0.5, 0.6) is 0 Å².